The highest BCUT2D eigenvalue weighted by Gasteiger charge is 2.06. The molecule has 3 aromatic rings. The Kier molecular flexibility index (Phi) is 5.83. The molecule has 8 nitrogen and oxygen atoms in total. The molecule has 1 aromatic carbocycles. The molecule has 0 saturated carbocycles. The number of nitrogens with one attached hydrogen (secondary N) is 2. The maximum absolute atomic E-state index is 4.96. The lowest BCUT2D eigenvalue weighted by molar-refractivity contribution is 0.387. The van der Waals surface area contributed by atoms with E-state index in [1.54, 1.807) is 6.92 Å². The fraction of sp³-hybridized carbons (Fsp3) is 0.444. The van der Waals surface area contributed by atoms with Crippen LogP contribution in [0, 0.1) is 13.8 Å². The van der Waals surface area contributed by atoms with Gasteiger partial charge in [0, 0.05) is 26.6 Å². The topological polar surface area (TPSA) is 93.2 Å². The lowest BCUT2D eigenvalue weighted by atomic mass is 10.3. The zero-order valence-corrected chi connectivity index (χ0v) is 15.5. The molecule has 138 valence electrons. The Morgan fingerprint density at radius 1 is 1.19 bits per heavy atom. The van der Waals surface area contributed by atoms with Crippen LogP contribution < -0.4 is 10.6 Å². The molecule has 0 unspecified atom stereocenters. The van der Waals surface area contributed by atoms with Crippen LogP contribution in [-0.4, -0.2) is 38.7 Å². The van der Waals surface area contributed by atoms with Gasteiger partial charge in [0.25, 0.3) is 0 Å². The molecule has 8 heteroatoms. The molecule has 0 spiro atoms. The van der Waals surface area contributed by atoms with E-state index in [0.717, 1.165) is 43.4 Å². The quantitative estimate of drug-likeness (QED) is 0.383. The van der Waals surface area contributed by atoms with Gasteiger partial charge >= 0.3 is 0 Å². The first-order valence-electron chi connectivity index (χ1n) is 8.90. The standard InChI is InChI=1S/C18H25N7O/c1-4-19-18(21-12-17-23-14(3)26-24-17)20-10-7-11-25-13(2)22-15-8-5-6-9-16(15)25/h5-6,8-9H,4,7,10-12H2,1-3H3,(H2,19,20,21). The molecule has 2 aromatic heterocycles. The van der Waals surface area contributed by atoms with Gasteiger partial charge in [0.2, 0.25) is 5.89 Å². The van der Waals surface area contributed by atoms with E-state index in [1.165, 1.54) is 5.52 Å². The van der Waals surface area contributed by atoms with Gasteiger partial charge in [-0.2, -0.15) is 4.98 Å². The molecule has 26 heavy (non-hydrogen) atoms. The van der Waals surface area contributed by atoms with Crippen molar-refractivity contribution in [3.8, 4) is 0 Å². The first kappa shape index (κ1) is 17.9. The number of para-hydroxylation sites is 2. The fourth-order valence-electron chi connectivity index (χ4n) is 2.82. The number of hydrogen-bond donors (Lipinski definition) is 2. The predicted octanol–water partition coefficient (Wildman–Crippen LogP) is 2.18. The van der Waals surface area contributed by atoms with Crippen LogP contribution in [0.2, 0.25) is 0 Å². The molecule has 0 atom stereocenters. The summed E-state index contributed by atoms with van der Waals surface area (Å²) in [7, 11) is 0. The summed E-state index contributed by atoms with van der Waals surface area (Å²) in [5, 5.41) is 10.4. The van der Waals surface area contributed by atoms with E-state index in [0.29, 0.717) is 18.3 Å². The minimum absolute atomic E-state index is 0.387. The summed E-state index contributed by atoms with van der Waals surface area (Å²) >= 11 is 0. The second-order valence-electron chi connectivity index (χ2n) is 6.00. The number of aliphatic imine (C=N–C) groups is 1. The summed E-state index contributed by atoms with van der Waals surface area (Å²) in [4.78, 5) is 13.3. The average Bonchev–Trinajstić information content (AvgIpc) is 3.19. The fourth-order valence-corrected chi connectivity index (χ4v) is 2.82. The minimum Gasteiger partial charge on any atom is -0.357 e. The third-order valence-corrected chi connectivity index (χ3v) is 3.99. The summed E-state index contributed by atoms with van der Waals surface area (Å²) < 4.78 is 7.22. The van der Waals surface area contributed by atoms with Gasteiger partial charge in [-0.25, -0.2) is 9.98 Å². The summed E-state index contributed by atoms with van der Waals surface area (Å²) in [5.41, 5.74) is 2.22. The maximum atomic E-state index is 4.96. The van der Waals surface area contributed by atoms with Crippen molar-refractivity contribution in [3.05, 3.63) is 41.8 Å². The zero-order chi connectivity index (χ0) is 18.4. The molecule has 0 aliphatic carbocycles. The third kappa shape index (κ3) is 4.38. The van der Waals surface area contributed by atoms with Crippen LogP contribution in [0.5, 0.6) is 0 Å². The second-order valence-corrected chi connectivity index (χ2v) is 6.00. The van der Waals surface area contributed by atoms with Crippen molar-refractivity contribution in [2.75, 3.05) is 13.1 Å². The van der Waals surface area contributed by atoms with Gasteiger partial charge in [-0.1, -0.05) is 17.3 Å². The van der Waals surface area contributed by atoms with Crippen LogP contribution in [0.15, 0.2) is 33.8 Å². The number of rotatable bonds is 7. The number of benzene rings is 1. The van der Waals surface area contributed by atoms with Crippen LogP contribution in [-0.2, 0) is 13.1 Å². The van der Waals surface area contributed by atoms with Gasteiger partial charge in [0.1, 0.15) is 12.4 Å². The second kappa shape index (κ2) is 8.46. The van der Waals surface area contributed by atoms with Crippen LogP contribution in [0.3, 0.4) is 0 Å². The van der Waals surface area contributed by atoms with E-state index in [1.807, 2.05) is 32.0 Å². The predicted molar refractivity (Wildman–Crippen MR) is 101 cm³/mol. The Morgan fingerprint density at radius 2 is 2.04 bits per heavy atom. The maximum Gasteiger partial charge on any atom is 0.223 e. The number of fused-ring (bicyclic) bond motifs is 1. The Bertz CT molecular complexity index is 881. The first-order valence-corrected chi connectivity index (χ1v) is 8.90. The number of imidazole rings is 1. The van der Waals surface area contributed by atoms with Crippen molar-refractivity contribution in [1.29, 1.82) is 0 Å². The smallest absolute Gasteiger partial charge is 0.223 e. The number of hydrogen-bond acceptors (Lipinski definition) is 5. The van der Waals surface area contributed by atoms with Crippen molar-refractivity contribution in [1.82, 2.24) is 30.3 Å². The van der Waals surface area contributed by atoms with E-state index in [2.05, 4.69) is 41.4 Å². The van der Waals surface area contributed by atoms with Crippen LogP contribution in [0.1, 0.15) is 30.9 Å². The van der Waals surface area contributed by atoms with Gasteiger partial charge in [0.05, 0.1) is 11.0 Å². The van der Waals surface area contributed by atoms with E-state index in [4.69, 9.17) is 4.52 Å². The average molecular weight is 355 g/mol. The van der Waals surface area contributed by atoms with E-state index >= 15 is 0 Å². The normalized spacial score (nSPS) is 11.9. The van der Waals surface area contributed by atoms with Crippen LogP contribution >= 0.6 is 0 Å². The molecule has 0 saturated heterocycles. The molecular weight excluding hydrogens is 330 g/mol. The summed E-state index contributed by atoms with van der Waals surface area (Å²) in [6.45, 7) is 8.75. The Balaban J connectivity index is 1.53. The highest BCUT2D eigenvalue weighted by atomic mass is 16.5. The lowest BCUT2D eigenvalue weighted by Crippen LogP contribution is -2.38. The van der Waals surface area contributed by atoms with Crippen molar-refractivity contribution in [2.24, 2.45) is 4.99 Å². The van der Waals surface area contributed by atoms with Gasteiger partial charge in [-0.05, 0) is 32.4 Å². The first-order chi connectivity index (χ1) is 12.7. The number of nitrogens with zero attached hydrogens (tertiary/aromatic N) is 5. The molecule has 2 heterocycles. The highest BCUT2D eigenvalue weighted by molar-refractivity contribution is 5.79. The Labute approximate surface area is 152 Å². The molecule has 0 aliphatic heterocycles. The van der Waals surface area contributed by atoms with Gasteiger partial charge in [-0.15, -0.1) is 0 Å². The number of aryl methyl sites for hydroxylation is 3. The zero-order valence-electron chi connectivity index (χ0n) is 15.5. The van der Waals surface area contributed by atoms with Crippen LogP contribution in [0.25, 0.3) is 11.0 Å². The Hall–Kier alpha value is -2.90. The molecule has 0 aliphatic rings. The summed E-state index contributed by atoms with van der Waals surface area (Å²) in [6.07, 6.45) is 0.965. The van der Waals surface area contributed by atoms with E-state index in [-0.39, 0.29) is 0 Å². The molecule has 0 fully saturated rings. The third-order valence-electron chi connectivity index (χ3n) is 3.99. The summed E-state index contributed by atoms with van der Waals surface area (Å²) in [6, 6.07) is 8.23. The van der Waals surface area contributed by atoms with Crippen molar-refractivity contribution >= 4 is 17.0 Å². The van der Waals surface area contributed by atoms with Gasteiger partial charge in [0.15, 0.2) is 11.8 Å². The van der Waals surface area contributed by atoms with Gasteiger partial charge < -0.3 is 19.7 Å². The molecule has 0 radical (unpaired) electrons. The minimum atomic E-state index is 0.387. The summed E-state index contributed by atoms with van der Waals surface area (Å²) in [5.74, 6) is 2.93. The van der Waals surface area contributed by atoms with Crippen molar-refractivity contribution in [3.63, 3.8) is 0 Å². The van der Waals surface area contributed by atoms with E-state index in [9.17, 15) is 0 Å². The molecule has 0 bridgehead atoms. The number of guanidine groups is 1. The van der Waals surface area contributed by atoms with E-state index < -0.39 is 0 Å². The SMILES string of the molecule is CCNC(=NCc1noc(C)n1)NCCCn1c(C)nc2ccccc21. The van der Waals surface area contributed by atoms with Crippen molar-refractivity contribution in [2.45, 2.75) is 40.3 Å². The molecule has 3 rings (SSSR count). The Morgan fingerprint density at radius 3 is 2.81 bits per heavy atom. The number of aromatic nitrogens is 4. The molecule has 2 N–H and O–H groups in total. The van der Waals surface area contributed by atoms with Crippen molar-refractivity contribution < 1.29 is 4.52 Å². The van der Waals surface area contributed by atoms with Gasteiger partial charge in [-0.3, -0.25) is 0 Å². The monoisotopic (exact) mass is 355 g/mol. The molecular formula is C18H25N7O. The lowest BCUT2D eigenvalue weighted by Gasteiger charge is -2.12. The van der Waals surface area contributed by atoms with Crippen LogP contribution in [0.4, 0.5) is 0 Å². The molecule has 0 amide bonds. The highest BCUT2D eigenvalue weighted by Crippen LogP contribution is 2.15. The largest absolute Gasteiger partial charge is 0.357 e.